The molecule has 6 N–H and O–H groups in total. The fourth-order valence-electron chi connectivity index (χ4n) is 4.13. The van der Waals surface area contributed by atoms with Crippen molar-refractivity contribution in [2.24, 2.45) is 11.6 Å². The molecule has 1 aliphatic rings. The Morgan fingerprint density at radius 1 is 1.32 bits per heavy atom. The molecular formula is C21H21ClF5N9O2. The maximum Gasteiger partial charge on any atom is 0.401 e. The van der Waals surface area contributed by atoms with E-state index < -0.39 is 48.1 Å². The van der Waals surface area contributed by atoms with Crippen LogP contribution in [-0.2, 0) is 5.41 Å². The number of aliphatic hydroxyl groups excluding tert-OH is 1. The highest BCUT2D eigenvalue weighted by Gasteiger charge is 2.60. The molecule has 0 bridgehead atoms. The summed E-state index contributed by atoms with van der Waals surface area (Å²) in [7, 11) is 0. The molecule has 3 aromatic rings. The van der Waals surface area contributed by atoms with Crippen LogP contribution in [0.25, 0.3) is 5.65 Å². The number of halogens is 6. The molecule has 0 aliphatic carbocycles. The van der Waals surface area contributed by atoms with Gasteiger partial charge in [-0.1, -0.05) is 11.6 Å². The van der Waals surface area contributed by atoms with Crippen molar-refractivity contribution in [2.75, 3.05) is 21.8 Å². The average molecular weight is 562 g/mol. The number of nitrogens with zero attached hydrogens (tertiary/aromatic N) is 6. The fourth-order valence-corrected chi connectivity index (χ4v) is 4.30. The lowest BCUT2D eigenvalue weighted by atomic mass is 9.88. The summed E-state index contributed by atoms with van der Waals surface area (Å²) in [6, 6.07) is 1.06. The molecule has 11 nitrogen and oxygen atoms in total. The van der Waals surface area contributed by atoms with E-state index in [9.17, 15) is 31.9 Å². The molecule has 1 aliphatic heterocycles. The standard InChI is InChI=1S/C21H21ClF5N9O2/c1-9(37)12(5-28)35(29)18-11(17(23)24)3-10(6-31-18)32-19(38)34-8-20(2,21(25,26)27)16-13(34)7-30-15-4-14(22)33-36(15)16/h3-7,9,17,37H,8,28-29H2,1-2H3,(H,32,38)/b12-5-. The normalized spacial score (nSPS) is 18.7. The highest BCUT2D eigenvalue weighted by atomic mass is 35.5. The van der Waals surface area contributed by atoms with Crippen LogP contribution in [-0.4, -0.2) is 49.5 Å². The monoisotopic (exact) mass is 561 g/mol. The third-order valence-corrected chi connectivity index (χ3v) is 6.26. The second kappa shape index (κ2) is 9.52. The SMILES string of the molecule is CC(O)/C(=C/N)N(N)c1ncc(NC(=O)N2CC(C)(C(F)(F)F)c3c2cnc2cc(Cl)nn32)cc1C(F)F. The highest BCUT2D eigenvalue weighted by molar-refractivity contribution is 6.29. The Balaban J connectivity index is 1.71. The molecule has 0 saturated carbocycles. The summed E-state index contributed by atoms with van der Waals surface area (Å²) in [6.07, 6.45) is -6.19. The number of urea groups is 1. The van der Waals surface area contributed by atoms with Gasteiger partial charge in [0.25, 0.3) is 6.43 Å². The molecule has 38 heavy (non-hydrogen) atoms. The number of hydrazine groups is 1. The van der Waals surface area contributed by atoms with E-state index in [0.29, 0.717) is 5.01 Å². The van der Waals surface area contributed by atoms with Gasteiger partial charge in [0.1, 0.15) is 5.41 Å². The largest absolute Gasteiger partial charge is 0.403 e. The molecule has 2 amide bonds. The highest BCUT2D eigenvalue weighted by Crippen LogP contribution is 2.50. The van der Waals surface area contributed by atoms with Crippen LogP contribution in [0.3, 0.4) is 0 Å². The molecule has 0 fully saturated rings. The van der Waals surface area contributed by atoms with E-state index in [4.69, 9.17) is 23.2 Å². The summed E-state index contributed by atoms with van der Waals surface area (Å²) >= 11 is 5.87. The second-order valence-corrected chi connectivity index (χ2v) is 9.04. The van der Waals surface area contributed by atoms with Gasteiger partial charge in [-0.25, -0.2) is 33.9 Å². The number of carbonyl (C=O) groups excluding carboxylic acids is 1. The van der Waals surface area contributed by atoms with Gasteiger partial charge in [-0.05, 0) is 19.9 Å². The Kier molecular flexibility index (Phi) is 6.83. The zero-order valence-corrected chi connectivity index (χ0v) is 20.5. The number of aromatic nitrogens is 4. The molecule has 0 aromatic carbocycles. The number of alkyl halides is 5. The van der Waals surface area contributed by atoms with Gasteiger partial charge >= 0.3 is 12.2 Å². The minimum atomic E-state index is -4.81. The first-order valence-corrected chi connectivity index (χ1v) is 11.2. The Morgan fingerprint density at radius 2 is 2.00 bits per heavy atom. The Hall–Kier alpha value is -3.76. The van der Waals surface area contributed by atoms with Crippen LogP contribution in [0.4, 0.5) is 43.9 Å². The lowest BCUT2D eigenvalue weighted by molar-refractivity contribution is -0.181. The van der Waals surface area contributed by atoms with Crippen molar-refractivity contribution in [3.8, 4) is 0 Å². The van der Waals surface area contributed by atoms with E-state index in [-0.39, 0.29) is 33.6 Å². The van der Waals surface area contributed by atoms with E-state index in [2.05, 4.69) is 20.4 Å². The lowest BCUT2D eigenvalue weighted by Gasteiger charge is -2.28. The number of nitrogens with one attached hydrogen (secondary N) is 1. The number of anilines is 3. The topological polar surface area (TPSA) is 151 Å². The van der Waals surface area contributed by atoms with E-state index in [1.165, 1.54) is 13.0 Å². The van der Waals surface area contributed by atoms with Gasteiger partial charge in [0.15, 0.2) is 16.6 Å². The first-order valence-electron chi connectivity index (χ1n) is 10.8. The maximum atomic E-state index is 14.2. The zero-order chi connectivity index (χ0) is 28.2. The van der Waals surface area contributed by atoms with Crippen LogP contribution < -0.4 is 26.8 Å². The van der Waals surface area contributed by atoms with Crippen molar-refractivity contribution >= 4 is 40.5 Å². The summed E-state index contributed by atoms with van der Waals surface area (Å²) in [4.78, 5) is 21.8. The minimum Gasteiger partial charge on any atom is -0.403 e. The predicted molar refractivity (Wildman–Crippen MR) is 128 cm³/mol. The van der Waals surface area contributed by atoms with Crippen LogP contribution >= 0.6 is 11.6 Å². The molecule has 204 valence electrons. The van der Waals surface area contributed by atoms with Crippen LogP contribution in [0.5, 0.6) is 0 Å². The second-order valence-electron chi connectivity index (χ2n) is 8.65. The van der Waals surface area contributed by atoms with Gasteiger partial charge in [-0.15, -0.1) is 0 Å². The van der Waals surface area contributed by atoms with Crippen LogP contribution in [0.2, 0.25) is 5.15 Å². The first kappa shape index (κ1) is 27.3. The van der Waals surface area contributed by atoms with E-state index in [0.717, 1.165) is 41.0 Å². The van der Waals surface area contributed by atoms with Crippen LogP contribution in [0.15, 0.2) is 36.4 Å². The van der Waals surface area contributed by atoms with E-state index in [1.54, 1.807) is 0 Å². The molecule has 0 spiro atoms. The lowest BCUT2D eigenvalue weighted by Crippen LogP contribution is -2.46. The fraction of sp³-hybridized carbons (Fsp3) is 0.333. The number of amides is 2. The van der Waals surface area contributed by atoms with Crippen molar-refractivity contribution in [1.82, 2.24) is 19.6 Å². The van der Waals surface area contributed by atoms with E-state index >= 15 is 0 Å². The van der Waals surface area contributed by atoms with Crippen molar-refractivity contribution in [1.29, 1.82) is 0 Å². The van der Waals surface area contributed by atoms with Crippen molar-refractivity contribution < 1.29 is 31.9 Å². The number of carbonyl (C=O) groups is 1. The molecule has 4 rings (SSSR count). The van der Waals surface area contributed by atoms with Gasteiger partial charge in [-0.2, -0.15) is 18.3 Å². The summed E-state index contributed by atoms with van der Waals surface area (Å²) in [5.74, 6) is 5.35. The quantitative estimate of drug-likeness (QED) is 0.210. The van der Waals surface area contributed by atoms with Crippen LogP contribution in [0, 0.1) is 0 Å². The van der Waals surface area contributed by atoms with Gasteiger partial charge in [0, 0.05) is 18.8 Å². The third-order valence-electron chi connectivity index (χ3n) is 6.08. The summed E-state index contributed by atoms with van der Waals surface area (Å²) in [5.41, 5.74) is 1.22. The maximum absolute atomic E-state index is 14.2. The van der Waals surface area contributed by atoms with Gasteiger partial charge in [0.2, 0.25) is 0 Å². The predicted octanol–water partition coefficient (Wildman–Crippen LogP) is 3.45. The zero-order valence-electron chi connectivity index (χ0n) is 19.7. The summed E-state index contributed by atoms with van der Waals surface area (Å²) in [5, 5.41) is 16.5. The number of pyridine rings is 1. The molecule has 0 saturated heterocycles. The summed E-state index contributed by atoms with van der Waals surface area (Å²) < 4.78 is 71.3. The smallest absolute Gasteiger partial charge is 0.401 e. The molecule has 17 heteroatoms. The number of rotatable bonds is 5. The molecule has 0 radical (unpaired) electrons. The number of hydrogen-bond donors (Lipinski definition) is 4. The number of aliphatic hydroxyl groups is 1. The summed E-state index contributed by atoms with van der Waals surface area (Å²) in [6.45, 7) is 1.36. The van der Waals surface area contributed by atoms with Gasteiger partial charge in [-0.3, -0.25) is 9.91 Å². The van der Waals surface area contributed by atoms with Crippen molar-refractivity contribution in [3.63, 3.8) is 0 Å². The Labute approximate surface area is 216 Å². The molecule has 4 heterocycles. The molecule has 3 aromatic heterocycles. The Morgan fingerprint density at radius 3 is 2.58 bits per heavy atom. The molecule has 2 unspecified atom stereocenters. The number of fused-ring (bicyclic) bond motifs is 3. The van der Waals surface area contributed by atoms with Gasteiger partial charge < -0.3 is 16.2 Å². The van der Waals surface area contributed by atoms with Crippen molar-refractivity contribution in [2.45, 2.75) is 38.0 Å². The average Bonchev–Trinajstić information content (AvgIpc) is 3.36. The van der Waals surface area contributed by atoms with Crippen LogP contribution in [0.1, 0.15) is 31.5 Å². The van der Waals surface area contributed by atoms with Gasteiger partial charge in [0.05, 0.1) is 46.8 Å². The first-order chi connectivity index (χ1) is 17.7. The molecular weight excluding hydrogens is 541 g/mol. The van der Waals surface area contributed by atoms with Crippen molar-refractivity contribution in [3.05, 3.63) is 52.8 Å². The Bertz CT molecular complexity index is 1430. The number of hydrogen-bond acceptors (Lipinski definition) is 8. The van der Waals surface area contributed by atoms with E-state index in [1.807, 2.05) is 0 Å². The minimum absolute atomic E-state index is 0.0438. The third kappa shape index (κ3) is 4.43. The number of nitrogens with two attached hydrogens (primary N) is 2. The molecule has 2 atom stereocenters.